The number of hydrogen-bond donors (Lipinski definition) is 1. The number of benzene rings is 1. The maximum Gasteiger partial charge on any atom is 0.308 e. The zero-order valence-corrected chi connectivity index (χ0v) is 16.3. The van der Waals surface area contributed by atoms with Gasteiger partial charge < -0.3 is 10.1 Å². The summed E-state index contributed by atoms with van der Waals surface area (Å²) >= 11 is 0. The number of esters is 1. The predicted octanol–water partition coefficient (Wildman–Crippen LogP) is 1.51. The first-order valence-corrected chi connectivity index (χ1v) is 9.27. The number of amides is 3. The molecule has 9 heteroatoms. The summed E-state index contributed by atoms with van der Waals surface area (Å²) in [5.41, 5.74) is 2.81. The van der Waals surface area contributed by atoms with Crippen molar-refractivity contribution in [2.75, 3.05) is 18.5 Å². The number of rotatable bonds is 7. The van der Waals surface area contributed by atoms with Crippen LogP contribution in [0.1, 0.15) is 30.7 Å². The fraction of sp³-hybridized carbons (Fsp3) is 0.350. The molecule has 0 bridgehead atoms. The zero-order chi connectivity index (χ0) is 21.0. The molecule has 0 aliphatic carbocycles. The Morgan fingerprint density at radius 1 is 1.10 bits per heavy atom. The Bertz CT molecular complexity index is 935. The quantitative estimate of drug-likeness (QED) is 0.559. The second-order valence-electron chi connectivity index (χ2n) is 6.69. The second kappa shape index (κ2) is 8.68. The lowest BCUT2D eigenvalue weighted by atomic mass is 10.3. The summed E-state index contributed by atoms with van der Waals surface area (Å²) < 4.78 is 6.67. The van der Waals surface area contributed by atoms with Gasteiger partial charge in [0.25, 0.3) is 5.91 Å². The van der Waals surface area contributed by atoms with Crippen molar-refractivity contribution in [2.24, 2.45) is 0 Å². The molecule has 2 heterocycles. The number of nitrogens with zero attached hydrogens (tertiary/aromatic N) is 3. The third-order valence-electron chi connectivity index (χ3n) is 4.62. The number of imide groups is 1. The molecule has 2 aromatic rings. The van der Waals surface area contributed by atoms with Crippen LogP contribution in [0.2, 0.25) is 0 Å². The molecule has 9 nitrogen and oxygen atoms in total. The molecule has 1 N–H and O–H groups in total. The van der Waals surface area contributed by atoms with Gasteiger partial charge in [-0.2, -0.15) is 5.10 Å². The lowest BCUT2D eigenvalue weighted by Crippen LogP contribution is -2.32. The van der Waals surface area contributed by atoms with E-state index in [2.05, 4.69) is 10.4 Å². The van der Waals surface area contributed by atoms with Gasteiger partial charge in [-0.1, -0.05) is 18.2 Å². The van der Waals surface area contributed by atoms with E-state index in [1.165, 1.54) is 0 Å². The van der Waals surface area contributed by atoms with Crippen LogP contribution in [0.4, 0.5) is 5.69 Å². The Hall–Kier alpha value is -3.49. The number of hydrogen-bond acceptors (Lipinski definition) is 6. The highest BCUT2D eigenvalue weighted by atomic mass is 16.5. The largest absolute Gasteiger partial charge is 0.456 e. The van der Waals surface area contributed by atoms with Crippen molar-refractivity contribution in [3.63, 3.8) is 0 Å². The molecule has 0 spiro atoms. The van der Waals surface area contributed by atoms with E-state index in [4.69, 9.17) is 4.74 Å². The van der Waals surface area contributed by atoms with Crippen molar-refractivity contribution in [1.29, 1.82) is 0 Å². The average molecular weight is 398 g/mol. The first-order valence-electron chi connectivity index (χ1n) is 9.27. The van der Waals surface area contributed by atoms with Crippen LogP contribution in [0, 0.1) is 13.8 Å². The molecule has 0 atom stereocenters. The molecule has 0 radical (unpaired) electrons. The lowest BCUT2D eigenvalue weighted by Gasteiger charge is -2.13. The van der Waals surface area contributed by atoms with Crippen molar-refractivity contribution in [2.45, 2.75) is 33.1 Å². The summed E-state index contributed by atoms with van der Waals surface area (Å²) in [7, 11) is 0. The van der Waals surface area contributed by atoms with Gasteiger partial charge in [0.05, 0.1) is 29.2 Å². The standard InChI is InChI=1S/C20H22N4O5/c1-13-20(14(2)24(22-13)15-6-4-3-5-7-15)21-16(25)12-29-19(28)10-11-23-17(26)8-9-18(23)27/h3-7H,8-12H2,1-2H3,(H,21,25). The Labute approximate surface area is 167 Å². The Morgan fingerprint density at radius 3 is 2.41 bits per heavy atom. The van der Waals surface area contributed by atoms with Gasteiger partial charge in [0.1, 0.15) is 0 Å². The third-order valence-corrected chi connectivity index (χ3v) is 4.62. The summed E-state index contributed by atoms with van der Waals surface area (Å²) in [6.07, 6.45) is 0.200. The number of para-hydroxylation sites is 1. The highest BCUT2D eigenvalue weighted by Gasteiger charge is 2.29. The molecule has 0 unspecified atom stereocenters. The van der Waals surface area contributed by atoms with E-state index in [0.29, 0.717) is 11.4 Å². The zero-order valence-electron chi connectivity index (χ0n) is 16.3. The number of aromatic nitrogens is 2. The SMILES string of the molecule is Cc1nn(-c2ccccc2)c(C)c1NC(=O)COC(=O)CCN1C(=O)CCC1=O. The minimum absolute atomic E-state index is 0.0276. The maximum atomic E-state index is 12.2. The fourth-order valence-electron chi connectivity index (χ4n) is 3.11. The van der Waals surface area contributed by atoms with Crippen molar-refractivity contribution in [3.8, 4) is 5.69 Å². The summed E-state index contributed by atoms with van der Waals surface area (Å²) in [5, 5.41) is 7.16. The van der Waals surface area contributed by atoms with Gasteiger partial charge in [0.2, 0.25) is 11.8 Å². The van der Waals surface area contributed by atoms with Gasteiger partial charge in [0, 0.05) is 19.4 Å². The summed E-state index contributed by atoms with van der Waals surface area (Å²) in [6.45, 7) is 3.12. The van der Waals surface area contributed by atoms with Crippen molar-refractivity contribution in [1.82, 2.24) is 14.7 Å². The molecular formula is C20H22N4O5. The van der Waals surface area contributed by atoms with Gasteiger partial charge in [-0.15, -0.1) is 0 Å². The predicted molar refractivity (Wildman–Crippen MR) is 103 cm³/mol. The second-order valence-corrected chi connectivity index (χ2v) is 6.69. The Morgan fingerprint density at radius 2 is 1.76 bits per heavy atom. The molecular weight excluding hydrogens is 376 g/mol. The molecule has 3 amide bonds. The number of nitrogens with one attached hydrogen (secondary N) is 1. The summed E-state index contributed by atoms with van der Waals surface area (Å²) in [4.78, 5) is 48.1. The van der Waals surface area contributed by atoms with Crippen LogP contribution in [0.25, 0.3) is 5.69 Å². The van der Waals surface area contributed by atoms with Crippen LogP contribution < -0.4 is 5.32 Å². The van der Waals surface area contributed by atoms with Gasteiger partial charge in [0.15, 0.2) is 6.61 Å². The highest BCUT2D eigenvalue weighted by Crippen LogP contribution is 2.22. The highest BCUT2D eigenvalue weighted by molar-refractivity contribution is 6.02. The molecule has 29 heavy (non-hydrogen) atoms. The molecule has 1 aliphatic heterocycles. The average Bonchev–Trinajstić information content (AvgIpc) is 3.18. The maximum absolute atomic E-state index is 12.2. The molecule has 152 valence electrons. The number of aryl methyl sites for hydroxylation is 1. The van der Waals surface area contributed by atoms with E-state index in [0.717, 1.165) is 16.3 Å². The molecule has 1 fully saturated rings. The van der Waals surface area contributed by atoms with E-state index in [9.17, 15) is 19.2 Å². The number of carbonyl (C=O) groups excluding carboxylic acids is 4. The number of carbonyl (C=O) groups is 4. The van der Waals surface area contributed by atoms with E-state index < -0.39 is 18.5 Å². The minimum Gasteiger partial charge on any atom is -0.456 e. The smallest absolute Gasteiger partial charge is 0.308 e. The first kappa shape index (κ1) is 20.2. The molecule has 1 aromatic carbocycles. The first-order chi connectivity index (χ1) is 13.9. The van der Waals surface area contributed by atoms with E-state index in [-0.39, 0.29) is 37.6 Å². The van der Waals surface area contributed by atoms with Crippen LogP contribution in [0.3, 0.4) is 0 Å². The van der Waals surface area contributed by atoms with E-state index >= 15 is 0 Å². The van der Waals surface area contributed by atoms with Gasteiger partial charge >= 0.3 is 5.97 Å². The van der Waals surface area contributed by atoms with Gasteiger partial charge in [-0.3, -0.25) is 24.1 Å². The summed E-state index contributed by atoms with van der Waals surface area (Å²) in [6, 6.07) is 9.51. The van der Waals surface area contributed by atoms with Crippen molar-refractivity contribution < 1.29 is 23.9 Å². The summed E-state index contributed by atoms with van der Waals surface area (Å²) in [5.74, 6) is -1.73. The molecule has 1 saturated heterocycles. The van der Waals surface area contributed by atoms with Crippen LogP contribution in [-0.4, -0.2) is 51.5 Å². The third kappa shape index (κ3) is 4.68. The van der Waals surface area contributed by atoms with E-state index in [1.807, 2.05) is 37.3 Å². The van der Waals surface area contributed by atoms with Crippen LogP contribution in [0.5, 0.6) is 0 Å². The van der Waals surface area contributed by atoms with Crippen molar-refractivity contribution in [3.05, 3.63) is 41.7 Å². The number of ether oxygens (including phenoxy) is 1. The van der Waals surface area contributed by atoms with Gasteiger partial charge in [-0.25, -0.2) is 4.68 Å². The molecule has 3 rings (SSSR count). The lowest BCUT2D eigenvalue weighted by molar-refractivity contribution is -0.148. The molecule has 0 saturated carbocycles. The van der Waals surface area contributed by atoms with Crippen molar-refractivity contribution >= 4 is 29.4 Å². The monoisotopic (exact) mass is 398 g/mol. The Balaban J connectivity index is 1.52. The fourth-order valence-corrected chi connectivity index (χ4v) is 3.11. The minimum atomic E-state index is -0.652. The Kier molecular flexibility index (Phi) is 6.06. The van der Waals surface area contributed by atoms with Gasteiger partial charge in [-0.05, 0) is 26.0 Å². The number of anilines is 1. The molecule has 1 aromatic heterocycles. The topological polar surface area (TPSA) is 111 Å². The van der Waals surface area contributed by atoms with Crippen LogP contribution in [-0.2, 0) is 23.9 Å². The van der Waals surface area contributed by atoms with Crippen LogP contribution in [0.15, 0.2) is 30.3 Å². The normalized spacial score (nSPS) is 13.7. The van der Waals surface area contributed by atoms with E-state index in [1.54, 1.807) is 11.6 Å². The van der Waals surface area contributed by atoms with Crippen LogP contribution >= 0.6 is 0 Å². The number of likely N-dealkylation sites (tertiary alicyclic amines) is 1. The molecule has 1 aliphatic rings.